The number of hydrogen-bond donors (Lipinski definition) is 3. The van der Waals surface area contributed by atoms with Gasteiger partial charge in [-0.15, -0.1) is 5.10 Å². The minimum absolute atomic E-state index is 0.0119. The van der Waals surface area contributed by atoms with Gasteiger partial charge >= 0.3 is 0 Å². The van der Waals surface area contributed by atoms with Crippen LogP contribution in [0.15, 0.2) is 23.3 Å². The maximum Gasteiger partial charge on any atom is 0.274 e. The first-order valence-corrected chi connectivity index (χ1v) is 12.7. The van der Waals surface area contributed by atoms with Gasteiger partial charge in [-0.25, -0.2) is 18.7 Å². The number of aromatic nitrogens is 5. The van der Waals surface area contributed by atoms with Crippen molar-refractivity contribution >= 4 is 29.1 Å². The number of aromatic hydroxyl groups is 1. The molecule has 3 aromatic rings. The quantitative estimate of drug-likeness (QED) is 0.429. The second-order valence-corrected chi connectivity index (χ2v) is 11.3. The molecule has 1 aliphatic carbocycles. The minimum atomic E-state index is -2.77. The number of alkyl halides is 2. The van der Waals surface area contributed by atoms with Crippen LogP contribution in [0.4, 0.5) is 20.4 Å². The van der Waals surface area contributed by atoms with Crippen LogP contribution >= 0.6 is 0 Å². The third kappa shape index (κ3) is 5.68. The monoisotopic (exact) mass is 544 g/mol. The fourth-order valence-electron chi connectivity index (χ4n) is 4.37. The largest absolute Gasteiger partial charge is 0.492 e. The third-order valence-electron chi connectivity index (χ3n) is 6.53. The molecule has 2 fully saturated rings. The van der Waals surface area contributed by atoms with E-state index in [2.05, 4.69) is 25.7 Å². The van der Waals surface area contributed by atoms with Crippen molar-refractivity contribution in [2.45, 2.75) is 65.0 Å². The van der Waals surface area contributed by atoms with Gasteiger partial charge in [0.05, 0.1) is 12.4 Å². The van der Waals surface area contributed by atoms with E-state index in [1.165, 1.54) is 27.9 Å². The summed E-state index contributed by atoms with van der Waals surface area (Å²) < 4.78 is 29.3. The zero-order valence-electron chi connectivity index (χ0n) is 21.9. The third-order valence-corrected chi connectivity index (χ3v) is 6.53. The molecule has 0 spiro atoms. The number of nitrogens with zero attached hydrogens (tertiary/aromatic N) is 6. The summed E-state index contributed by atoms with van der Waals surface area (Å²) in [5.74, 6) is -4.05. The zero-order valence-corrected chi connectivity index (χ0v) is 21.9. The first-order valence-electron chi connectivity index (χ1n) is 12.7. The van der Waals surface area contributed by atoms with Crippen LogP contribution in [0, 0.1) is 5.41 Å². The Labute approximate surface area is 222 Å². The lowest BCUT2D eigenvalue weighted by Gasteiger charge is -2.31. The normalized spacial score (nSPS) is 17.3. The van der Waals surface area contributed by atoms with Crippen molar-refractivity contribution in [2.24, 2.45) is 5.41 Å². The van der Waals surface area contributed by atoms with E-state index in [1.807, 2.05) is 20.8 Å². The van der Waals surface area contributed by atoms with Crippen molar-refractivity contribution in [1.29, 1.82) is 0 Å². The minimum Gasteiger partial charge on any atom is -0.492 e. The van der Waals surface area contributed by atoms with E-state index in [0.29, 0.717) is 0 Å². The van der Waals surface area contributed by atoms with Crippen molar-refractivity contribution in [1.82, 2.24) is 34.4 Å². The van der Waals surface area contributed by atoms with E-state index >= 15 is 0 Å². The van der Waals surface area contributed by atoms with E-state index in [-0.39, 0.29) is 59.6 Å². The molecular weight excluding hydrogens is 514 g/mol. The Morgan fingerprint density at radius 1 is 1.13 bits per heavy atom. The molecule has 39 heavy (non-hydrogen) atoms. The molecule has 0 atom stereocenters. The number of nitrogens with one attached hydrogen (secondary N) is 2. The van der Waals surface area contributed by atoms with Crippen LogP contribution in [-0.4, -0.2) is 71.0 Å². The molecule has 2 amide bonds. The van der Waals surface area contributed by atoms with Gasteiger partial charge in [0.1, 0.15) is 17.2 Å². The molecule has 0 aromatic carbocycles. The molecule has 3 aromatic heterocycles. The van der Waals surface area contributed by atoms with Gasteiger partial charge in [0.2, 0.25) is 5.88 Å². The van der Waals surface area contributed by atoms with Crippen molar-refractivity contribution in [3.63, 3.8) is 0 Å². The second kappa shape index (κ2) is 9.58. The molecule has 3 N–H and O–H groups in total. The molecule has 5 rings (SSSR count). The summed E-state index contributed by atoms with van der Waals surface area (Å²) >= 11 is 0. The van der Waals surface area contributed by atoms with Crippen LogP contribution < -0.4 is 16.2 Å². The van der Waals surface area contributed by atoms with Gasteiger partial charge in [-0.05, 0) is 18.3 Å². The average molecular weight is 545 g/mol. The fraction of sp³-hybridized carbons (Fsp3) is 0.520. The van der Waals surface area contributed by atoms with Crippen LogP contribution in [0.1, 0.15) is 67.3 Å². The molecule has 1 saturated carbocycles. The molecule has 0 bridgehead atoms. The van der Waals surface area contributed by atoms with Gasteiger partial charge in [-0.3, -0.25) is 19.0 Å². The number of carbonyl (C=O) groups excluding carboxylic acids is 2. The summed E-state index contributed by atoms with van der Waals surface area (Å²) in [6.45, 7) is 5.95. The van der Waals surface area contributed by atoms with E-state index < -0.39 is 42.0 Å². The highest BCUT2D eigenvalue weighted by Gasteiger charge is 2.36. The highest BCUT2D eigenvalue weighted by Crippen LogP contribution is 2.29. The highest BCUT2D eigenvalue weighted by molar-refractivity contribution is 5.96. The molecule has 1 aliphatic heterocycles. The fourth-order valence-corrected chi connectivity index (χ4v) is 4.37. The maximum atomic E-state index is 13.4. The van der Waals surface area contributed by atoms with Gasteiger partial charge in [-0.2, -0.15) is 4.52 Å². The number of amides is 2. The Bertz CT molecular complexity index is 1480. The standard InChI is InChI=1S/C25H30F2N8O4/c1-24(2,3)13-34-18-10-16(32-35(18)23(39)19(22(34)38)20(36)30-14-4-5-14)31-17-12-28-15(11-29-17)21(37)33-8-6-25(26,27)7-9-33/h10-12,14,39H,4-9,13H2,1-3H3,(H,30,36)(H,29,31,32). The number of fused-ring (bicyclic) bond motifs is 1. The van der Waals surface area contributed by atoms with Crippen LogP contribution in [0.3, 0.4) is 0 Å². The summed E-state index contributed by atoms with van der Waals surface area (Å²) in [5, 5.41) is 20.9. The SMILES string of the molecule is CC(C)(C)Cn1c(=O)c(C(=O)NC2CC2)c(O)n2nc(Nc3cnc(C(=O)N4CCC(F)(F)CC4)cn3)cc12. The molecule has 12 nitrogen and oxygen atoms in total. The van der Waals surface area contributed by atoms with Crippen LogP contribution in [0.2, 0.25) is 0 Å². The maximum absolute atomic E-state index is 13.4. The Balaban J connectivity index is 1.41. The summed E-state index contributed by atoms with van der Waals surface area (Å²) in [6, 6.07) is 1.52. The lowest BCUT2D eigenvalue weighted by molar-refractivity contribution is -0.0495. The summed E-state index contributed by atoms with van der Waals surface area (Å²) in [4.78, 5) is 48.4. The Morgan fingerprint density at radius 2 is 1.82 bits per heavy atom. The Morgan fingerprint density at radius 3 is 2.41 bits per heavy atom. The lowest BCUT2D eigenvalue weighted by Crippen LogP contribution is -2.43. The molecule has 2 aliphatic rings. The van der Waals surface area contributed by atoms with Crippen molar-refractivity contribution in [3.05, 3.63) is 40.1 Å². The summed E-state index contributed by atoms with van der Waals surface area (Å²) in [7, 11) is 0. The van der Waals surface area contributed by atoms with Crippen LogP contribution in [0.25, 0.3) is 5.65 Å². The van der Waals surface area contributed by atoms with Crippen LogP contribution in [-0.2, 0) is 6.54 Å². The molecule has 1 saturated heterocycles. The van der Waals surface area contributed by atoms with E-state index in [0.717, 1.165) is 17.4 Å². The number of hydrogen-bond acceptors (Lipinski definition) is 8. The van der Waals surface area contributed by atoms with Gasteiger partial charge in [0, 0.05) is 44.6 Å². The number of rotatable bonds is 6. The second-order valence-electron chi connectivity index (χ2n) is 11.3. The van der Waals surface area contributed by atoms with Crippen molar-refractivity contribution in [2.75, 3.05) is 18.4 Å². The summed E-state index contributed by atoms with van der Waals surface area (Å²) in [6.07, 6.45) is 3.39. The Hall–Kier alpha value is -4.10. The van der Waals surface area contributed by atoms with Gasteiger partial charge < -0.3 is 20.6 Å². The van der Waals surface area contributed by atoms with Crippen molar-refractivity contribution in [3.8, 4) is 5.88 Å². The first-order chi connectivity index (χ1) is 18.3. The smallest absolute Gasteiger partial charge is 0.274 e. The van der Waals surface area contributed by atoms with E-state index in [4.69, 9.17) is 0 Å². The van der Waals surface area contributed by atoms with E-state index in [1.54, 1.807) is 0 Å². The number of likely N-dealkylation sites (tertiary alicyclic amines) is 1. The summed E-state index contributed by atoms with van der Waals surface area (Å²) in [5.41, 5.74) is -1.06. The predicted molar refractivity (Wildman–Crippen MR) is 136 cm³/mol. The number of carbonyl (C=O) groups is 2. The van der Waals surface area contributed by atoms with Gasteiger partial charge in [0.25, 0.3) is 23.3 Å². The van der Waals surface area contributed by atoms with Crippen LogP contribution in [0.5, 0.6) is 5.88 Å². The zero-order chi connectivity index (χ0) is 28.1. The number of piperidine rings is 1. The average Bonchev–Trinajstić information content (AvgIpc) is 3.57. The molecular formula is C25H30F2N8O4. The molecule has 0 radical (unpaired) electrons. The topological polar surface area (TPSA) is 147 Å². The lowest BCUT2D eigenvalue weighted by atomic mass is 9.97. The number of anilines is 2. The number of halogens is 2. The highest BCUT2D eigenvalue weighted by atomic mass is 19.3. The first kappa shape index (κ1) is 26.5. The van der Waals surface area contributed by atoms with Gasteiger partial charge in [0.15, 0.2) is 11.4 Å². The molecule has 4 heterocycles. The van der Waals surface area contributed by atoms with E-state index in [9.17, 15) is 28.3 Å². The van der Waals surface area contributed by atoms with Gasteiger partial charge in [-0.1, -0.05) is 20.8 Å². The molecule has 14 heteroatoms. The molecule has 0 unspecified atom stereocenters. The molecule has 208 valence electrons. The Kier molecular flexibility index (Phi) is 6.51. The van der Waals surface area contributed by atoms with Crippen molar-refractivity contribution < 1.29 is 23.5 Å². The predicted octanol–water partition coefficient (Wildman–Crippen LogP) is 2.54.